The van der Waals surface area contributed by atoms with Crippen LogP contribution in [0.3, 0.4) is 0 Å². The normalized spacial score (nSPS) is 21.2. The van der Waals surface area contributed by atoms with Crippen molar-refractivity contribution >= 4 is 31.7 Å². The van der Waals surface area contributed by atoms with Crippen LogP contribution in [0.5, 0.6) is 5.75 Å². The lowest BCUT2D eigenvalue weighted by Gasteiger charge is -2.35. The number of ether oxygens (including phenoxy) is 1. The van der Waals surface area contributed by atoms with Gasteiger partial charge in [0, 0.05) is 0 Å². The van der Waals surface area contributed by atoms with Crippen molar-refractivity contribution in [1.82, 2.24) is 0 Å². The van der Waals surface area contributed by atoms with Gasteiger partial charge in [-0.1, -0.05) is 22.0 Å². The lowest BCUT2D eigenvalue weighted by atomic mass is 9.88. The number of carbonyl (C=O) groups is 1. The van der Waals surface area contributed by atoms with Crippen molar-refractivity contribution < 1.29 is 9.53 Å². The van der Waals surface area contributed by atoms with E-state index in [1.54, 1.807) is 0 Å². The second-order valence-electron chi connectivity index (χ2n) is 4.54. The van der Waals surface area contributed by atoms with Gasteiger partial charge in [-0.25, -0.2) is 0 Å². The molecule has 88 valence electrons. The van der Waals surface area contributed by atoms with E-state index in [1.807, 2.05) is 24.3 Å². The highest BCUT2D eigenvalue weighted by Crippen LogP contribution is 2.40. The fraction of sp³-hybridized carbons (Fsp3) is 0.385. The zero-order valence-corrected chi connectivity index (χ0v) is 10.9. The molecule has 1 aliphatic carbocycles. The van der Waals surface area contributed by atoms with E-state index in [1.165, 1.54) is 0 Å². The zero-order chi connectivity index (χ0) is 11.9. The Bertz CT molecular complexity index is 538. The Kier molecular flexibility index (Phi) is 2.64. The Morgan fingerprint density at radius 3 is 2.65 bits per heavy atom. The molecule has 2 nitrogen and oxygen atoms in total. The number of carbonyl (C=O) groups excluding carboxylic acids is 1. The minimum atomic E-state index is -0.419. The summed E-state index contributed by atoms with van der Waals surface area (Å²) in [5.74, 6) is 0.779. The Labute approximate surface area is 108 Å². The quantitative estimate of drug-likeness (QED) is 0.673. The molecule has 0 unspecified atom stereocenters. The molecule has 1 fully saturated rings. The maximum atomic E-state index is 12.4. The molecule has 0 atom stereocenters. The standard InChI is InChI=1S/C13H12O2S2/c14-11-9-5-1-2-6-10(9)15-13(12(11)17-16)7-3-4-8-13/h1-2,5-6H,3-4,7-8H2. The zero-order valence-electron chi connectivity index (χ0n) is 9.27. The summed E-state index contributed by atoms with van der Waals surface area (Å²) in [5, 5.41) is 0. The van der Waals surface area contributed by atoms with Gasteiger partial charge in [-0.2, -0.15) is 0 Å². The van der Waals surface area contributed by atoms with Crippen molar-refractivity contribution in [2.75, 3.05) is 0 Å². The molecule has 0 amide bonds. The lowest BCUT2D eigenvalue weighted by Crippen LogP contribution is -2.49. The molecular weight excluding hydrogens is 252 g/mol. The molecule has 1 aliphatic heterocycles. The van der Waals surface area contributed by atoms with Crippen molar-refractivity contribution in [3.8, 4) is 5.75 Å². The molecule has 1 spiro atoms. The molecule has 0 bridgehead atoms. The molecule has 3 rings (SSSR count). The van der Waals surface area contributed by atoms with Gasteiger partial charge < -0.3 is 4.74 Å². The summed E-state index contributed by atoms with van der Waals surface area (Å²) in [4.78, 5) is 13.1. The van der Waals surface area contributed by atoms with E-state index in [4.69, 9.17) is 15.9 Å². The highest BCUT2D eigenvalue weighted by atomic mass is 32.8. The van der Waals surface area contributed by atoms with Gasteiger partial charge in [0.2, 0.25) is 5.78 Å². The number of ketones is 1. The van der Waals surface area contributed by atoms with Gasteiger partial charge in [-0.3, -0.25) is 4.79 Å². The first-order valence-corrected chi connectivity index (χ1v) is 7.51. The van der Waals surface area contributed by atoms with E-state index in [-0.39, 0.29) is 5.78 Å². The smallest absolute Gasteiger partial charge is 0.207 e. The maximum Gasteiger partial charge on any atom is 0.207 e. The van der Waals surface area contributed by atoms with Crippen LogP contribution in [0.25, 0.3) is 0 Å². The largest absolute Gasteiger partial charge is 0.481 e. The van der Waals surface area contributed by atoms with E-state index in [2.05, 4.69) is 0 Å². The van der Waals surface area contributed by atoms with Gasteiger partial charge in [0.1, 0.15) is 16.2 Å². The third-order valence-electron chi connectivity index (χ3n) is 3.55. The average Bonchev–Trinajstić information content (AvgIpc) is 2.79. The summed E-state index contributed by atoms with van der Waals surface area (Å²) in [6.45, 7) is 0. The number of para-hydroxylation sites is 1. The number of Topliss-reactive ketones (excluding diaryl/α,β-unsaturated/α-hetero) is 1. The molecule has 4 heteroatoms. The molecule has 1 saturated carbocycles. The molecule has 2 aliphatic rings. The fourth-order valence-electron chi connectivity index (χ4n) is 2.72. The molecule has 1 heterocycles. The third kappa shape index (κ3) is 1.58. The van der Waals surface area contributed by atoms with Crippen LogP contribution in [0, 0.1) is 0 Å². The summed E-state index contributed by atoms with van der Waals surface area (Å²) in [7, 11) is 1.14. The molecule has 1 aromatic rings. The Morgan fingerprint density at radius 2 is 1.94 bits per heavy atom. The van der Waals surface area contributed by atoms with Gasteiger partial charge in [0.15, 0.2) is 0 Å². The van der Waals surface area contributed by atoms with Crippen LogP contribution in [-0.4, -0.2) is 16.2 Å². The summed E-state index contributed by atoms with van der Waals surface area (Å²) in [6.07, 6.45) is 4.03. The summed E-state index contributed by atoms with van der Waals surface area (Å²) in [5.41, 5.74) is 0.232. The number of rotatable bonds is 0. The van der Waals surface area contributed by atoms with E-state index >= 15 is 0 Å². The second-order valence-corrected chi connectivity index (χ2v) is 5.62. The number of benzene rings is 1. The molecular formula is C13H12O2S2. The lowest BCUT2D eigenvalue weighted by molar-refractivity contribution is 0.0951. The SMILES string of the molecule is O=C1C(=S=S)C2(CCCC2)Oc2ccccc21. The topological polar surface area (TPSA) is 26.3 Å². The van der Waals surface area contributed by atoms with Crippen LogP contribution in [0.2, 0.25) is 0 Å². The Balaban J connectivity index is 2.18. The molecule has 0 radical (unpaired) electrons. The first-order valence-electron chi connectivity index (χ1n) is 5.77. The molecule has 1 aromatic carbocycles. The maximum absolute atomic E-state index is 12.4. The number of fused-ring (bicyclic) bond motifs is 1. The van der Waals surface area contributed by atoms with Crippen LogP contribution >= 0.6 is 0 Å². The highest BCUT2D eigenvalue weighted by Gasteiger charge is 2.47. The van der Waals surface area contributed by atoms with Crippen molar-refractivity contribution in [2.24, 2.45) is 0 Å². The van der Waals surface area contributed by atoms with Crippen molar-refractivity contribution in [3.05, 3.63) is 29.8 Å². The van der Waals surface area contributed by atoms with Gasteiger partial charge in [0.25, 0.3) is 0 Å². The summed E-state index contributed by atoms with van der Waals surface area (Å²) < 4.78 is 6.11. The van der Waals surface area contributed by atoms with Crippen LogP contribution < -0.4 is 4.74 Å². The van der Waals surface area contributed by atoms with E-state index in [9.17, 15) is 4.79 Å². The second kappa shape index (κ2) is 4.03. The molecule has 17 heavy (non-hydrogen) atoms. The first kappa shape index (κ1) is 11.1. The van der Waals surface area contributed by atoms with Crippen LogP contribution in [0.15, 0.2) is 24.3 Å². The monoisotopic (exact) mass is 264 g/mol. The molecule has 0 saturated heterocycles. The van der Waals surface area contributed by atoms with Crippen molar-refractivity contribution in [3.63, 3.8) is 0 Å². The Morgan fingerprint density at radius 1 is 1.24 bits per heavy atom. The van der Waals surface area contributed by atoms with Crippen LogP contribution in [-0.2, 0) is 21.1 Å². The minimum absolute atomic E-state index is 0.0637. The molecule has 0 aromatic heterocycles. The van der Waals surface area contributed by atoms with E-state index in [0.29, 0.717) is 16.2 Å². The number of hydrogen-bond donors (Lipinski definition) is 0. The van der Waals surface area contributed by atoms with Gasteiger partial charge in [0.05, 0.1) is 5.56 Å². The minimum Gasteiger partial charge on any atom is -0.481 e. The van der Waals surface area contributed by atoms with Gasteiger partial charge >= 0.3 is 0 Å². The third-order valence-corrected chi connectivity index (χ3v) is 4.78. The molecule has 0 N–H and O–H groups in total. The Hall–Kier alpha value is -1.00. The van der Waals surface area contributed by atoms with Crippen LogP contribution in [0.4, 0.5) is 0 Å². The predicted octanol–water partition coefficient (Wildman–Crippen LogP) is 2.29. The van der Waals surface area contributed by atoms with E-state index in [0.717, 1.165) is 35.6 Å². The average molecular weight is 264 g/mol. The highest BCUT2D eigenvalue weighted by molar-refractivity contribution is 8.17. The predicted molar refractivity (Wildman–Crippen MR) is 72.3 cm³/mol. The van der Waals surface area contributed by atoms with Crippen LogP contribution in [0.1, 0.15) is 36.0 Å². The van der Waals surface area contributed by atoms with E-state index < -0.39 is 5.60 Å². The first-order chi connectivity index (χ1) is 8.27. The summed E-state index contributed by atoms with van der Waals surface area (Å²) in [6, 6.07) is 7.45. The number of hydrogen-bond acceptors (Lipinski definition) is 3. The van der Waals surface area contributed by atoms with Crippen molar-refractivity contribution in [2.45, 2.75) is 31.3 Å². The summed E-state index contributed by atoms with van der Waals surface area (Å²) >= 11 is 5.07. The fourth-order valence-corrected chi connectivity index (χ4v) is 3.98. The van der Waals surface area contributed by atoms with Gasteiger partial charge in [-0.05, 0) is 49.0 Å². The van der Waals surface area contributed by atoms with Crippen molar-refractivity contribution in [1.29, 1.82) is 0 Å². The van der Waals surface area contributed by atoms with Gasteiger partial charge in [-0.15, -0.1) is 0 Å².